The molecule has 2 N–H and O–H groups in total. The number of pyridine rings is 1. The molecule has 0 aliphatic carbocycles. The molecule has 4 rings (SSSR count). The Morgan fingerprint density at radius 3 is 2.80 bits per heavy atom. The molecule has 128 valence electrons. The van der Waals surface area contributed by atoms with E-state index >= 15 is 0 Å². The van der Waals surface area contributed by atoms with Gasteiger partial charge in [-0.1, -0.05) is 6.42 Å². The number of benzene rings is 1. The Bertz CT molecular complexity index is 884. The smallest absolute Gasteiger partial charge is 0.265 e. The molecule has 1 saturated heterocycles. The summed E-state index contributed by atoms with van der Waals surface area (Å²) in [6.07, 6.45) is 4.95. The molecular formula is C18H18FN5O. The lowest BCUT2D eigenvalue weighted by Crippen LogP contribution is -2.45. The van der Waals surface area contributed by atoms with Gasteiger partial charge < -0.3 is 4.98 Å². The van der Waals surface area contributed by atoms with Crippen LogP contribution in [-0.4, -0.2) is 39.0 Å². The predicted molar refractivity (Wildman–Crippen MR) is 92.2 cm³/mol. The highest BCUT2D eigenvalue weighted by atomic mass is 19.1. The summed E-state index contributed by atoms with van der Waals surface area (Å²) in [5.41, 5.74) is 4.71. The molecular weight excluding hydrogens is 321 g/mol. The number of hydrogen-bond donors (Lipinski definition) is 2. The van der Waals surface area contributed by atoms with Gasteiger partial charge in [-0.3, -0.25) is 10.2 Å². The van der Waals surface area contributed by atoms with Gasteiger partial charge in [-0.15, -0.1) is 0 Å². The van der Waals surface area contributed by atoms with Crippen LogP contribution in [0.5, 0.6) is 0 Å². The number of hydrogen-bond acceptors (Lipinski definition) is 4. The average Bonchev–Trinajstić information content (AvgIpc) is 3.06. The molecule has 3 heterocycles. The van der Waals surface area contributed by atoms with E-state index in [4.69, 9.17) is 0 Å². The number of H-pyrrole nitrogens is 1. The number of carbonyl (C=O) groups is 1. The Morgan fingerprint density at radius 1 is 1.20 bits per heavy atom. The number of nitrogens with zero attached hydrogens (tertiary/aromatic N) is 3. The number of aromatic nitrogens is 3. The first-order valence-electron chi connectivity index (χ1n) is 8.37. The molecule has 0 bridgehead atoms. The van der Waals surface area contributed by atoms with E-state index in [0.29, 0.717) is 22.6 Å². The van der Waals surface area contributed by atoms with E-state index in [1.807, 2.05) is 11.1 Å². The molecule has 1 aliphatic heterocycles. The zero-order chi connectivity index (χ0) is 17.2. The van der Waals surface area contributed by atoms with Gasteiger partial charge in [0, 0.05) is 24.8 Å². The fourth-order valence-electron chi connectivity index (χ4n) is 3.03. The van der Waals surface area contributed by atoms with Crippen molar-refractivity contribution in [3.8, 4) is 11.4 Å². The number of halogens is 1. The van der Waals surface area contributed by atoms with Crippen molar-refractivity contribution >= 4 is 17.1 Å². The van der Waals surface area contributed by atoms with Crippen LogP contribution < -0.4 is 5.43 Å². The summed E-state index contributed by atoms with van der Waals surface area (Å²) in [5.74, 6) is -0.391. The van der Waals surface area contributed by atoms with E-state index in [0.717, 1.165) is 31.4 Å². The highest BCUT2D eigenvalue weighted by Crippen LogP contribution is 2.23. The first-order chi connectivity index (χ1) is 12.2. The molecule has 0 saturated carbocycles. The van der Waals surface area contributed by atoms with Gasteiger partial charge in [0.2, 0.25) is 0 Å². The van der Waals surface area contributed by atoms with E-state index < -0.39 is 5.82 Å². The lowest BCUT2D eigenvalue weighted by atomic mass is 10.1. The van der Waals surface area contributed by atoms with Gasteiger partial charge in [0.1, 0.15) is 11.6 Å². The highest BCUT2D eigenvalue weighted by molar-refractivity contribution is 5.94. The third-order valence-corrected chi connectivity index (χ3v) is 4.36. The van der Waals surface area contributed by atoms with E-state index in [1.165, 1.54) is 12.5 Å². The van der Waals surface area contributed by atoms with Crippen LogP contribution in [0.3, 0.4) is 0 Å². The van der Waals surface area contributed by atoms with Crippen molar-refractivity contribution < 1.29 is 9.18 Å². The van der Waals surface area contributed by atoms with Gasteiger partial charge in [0.05, 0.1) is 11.1 Å². The minimum Gasteiger partial charge on any atom is -0.336 e. The van der Waals surface area contributed by atoms with Crippen molar-refractivity contribution in [3.05, 3.63) is 47.9 Å². The molecule has 1 aromatic carbocycles. The Labute approximate surface area is 144 Å². The monoisotopic (exact) mass is 339 g/mol. The van der Waals surface area contributed by atoms with Gasteiger partial charge >= 0.3 is 0 Å². The van der Waals surface area contributed by atoms with Crippen LogP contribution in [0.4, 0.5) is 4.39 Å². The molecule has 1 fully saturated rings. The molecule has 0 radical (unpaired) electrons. The summed E-state index contributed by atoms with van der Waals surface area (Å²) in [4.78, 5) is 23.8. The summed E-state index contributed by atoms with van der Waals surface area (Å²) < 4.78 is 14.5. The third-order valence-electron chi connectivity index (χ3n) is 4.36. The maximum atomic E-state index is 14.5. The second-order valence-electron chi connectivity index (χ2n) is 6.14. The van der Waals surface area contributed by atoms with Crippen LogP contribution in [0.25, 0.3) is 22.6 Å². The van der Waals surface area contributed by atoms with Gasteiger partial charge in [0.15, 0.2) is 5.65 Å². The summed E-state index contributed by atoms with van der Waals surface area (Å²) in [6, 6.07) is 8.04. The summed E-state index contributed by atoms with van der Waals surface area (Å²) in [5, 5.41) is 1.89. The number of fused-ring (bicyclic) bond motifs is 1. The second kappa shape index (κ2) is 6.60. The van der Waals surface area contributed by atoms with Crippen LogP contribution in [0.2, 0.25) is 0 Å². The number of aromatic amines is 1. The zero-order valence-electron chi connectivity index (χ0n) is 13.6. The normalized spacial score (nSPS) is 15.4. The van der Waals surface area contributed by atoms with Crippen molar-refractivity contribution in [2.45, 2.75) is 19.3 Å². The molecule has 7 heteroatoms. The molecule has 1 amide bonds. The molecule has 3 aromatic rings. The number of carbonyl (C=O) groups excluding carboxylic acids is 1. The minimum absolute atomic E-state index is 0.293. The quantitative estimate of drug-likeness (QED) is 0.769. The van der Waals surface area contributed by atoms with Crippen molar-refractivity contribution in [1.82, 2.24) is 25.4 Å². The van der Waals surface area contributed by atoms with Crippen molar-refractivity contribution in [3.63, 3.8) is 0 Å². The Morgan fingerprint density at radius 2 is 2.04 bits per heavy atom. The maximum Gasteiger partial charge on any atom is 0.265 e. The molecule has 0 atom stereocenters. The first kappa shape index (κ1) is 15.7. The number of hydrazine groups is 1. The number of amides is 1. The average molecular weight is 339 g/mol. The highest BCUT2D eigenvalue weighted by Gasteiger charge is 2.17. The van der Waals surface area contributed by atoms with E-state index in [2.05, 4.69) is 20.4 Å². The largest absolute Gasteiger partial charge is 0.336 e. The van der Waals surface area contributed by atoms with Crippen LogP contribution >= 0.6 is 0 Å². The molecule has 25 heavy (non-hydrogen) atoms. The predicted octanol–water partition coefficient (Wildman–Crippen LogP) is 2.89. The number of imidazole rings is 1. The van der Waals surface area contributed by atoms with Crippen LogP contribution in [0.1, 0.15) is 29.6 Å². The summed E-state index contributed by atoms with van der Waals surface area (Å²) >= 11 is 0. The lowest BCUT2D eigenvalue weighted by Gasteiger charge is -2.26. The van der Waals surface area contributed by atoms with Crippen molar-refractivity contribution in [2.24, 2.45) is 0 Å². The molecule has 2 aromatic heterocycles. The van der Waals surface area contributed by atoms with Crippen molar-refractivity contribution in [2.75, 3.05) is 13.1 Å². The summed E-state index contributed by atoms with van der Waals surface area (Å²) in [6.45, 7) is 1.66. The van der Waals surface area contributed by atoms with E-state index in [-0.39, 0.29) is 5.91 Å². The zero-order valence-corrected chi connectivity index (χ0v) is 13.6. The Kier molecular flexibility index (Phi) is 4.15. The Balaban J connectivity index is 1.56. The standard InChI is InChI=1S/C18H18FN5O/c19-14-11-12(18(25)23-24-9-2-1-3-10-24)6-7-13(14)16-21-15-5-4-8-20-17(15)22-16/h4-8,11H,1-3,9-10H2,(H,23,25)(H,20,21,22). The molecule has 0 unspecified atom stereocenters. The number of rotatable bonds is 3. The second-order valence-corrected chi connectivity index (χ2v) is 6.14. The van der Waals surface area contributed by atoms with E-state index in [9.17, 15) is 9.18 Å². The van der Waals surface area contributed by atoms with Crippen LogP contribution in [-0.2, 0) is 0 Å². The summed E-state index contributed by atoms with van der Waals surface area (Å²) in [7, 11) is 0. The van der Waals surface area contributed by atoms with Crippen LogP contribution in [0.15, 0.2) is 36.5 Å². The number of piperidine rings is 1. The molecule has 1 aliphatic rings. The third kappa shape index (κ3) is 3.23. The maximum absolute atomic E-state index is 14.5. The number of nitrogens with one attached hydrogen (secondary N) is 2. The molecule has 0 spiro atoms. The van der Waals surface area contributed by atoms with Crippen molar-refractivity contribution in [1.29, 1.82) is 0 Å². The SMILES string of the molecule is O=C(NN1CCCCC1)c1ccc(-c2nc3ncccc3[nH]2)c(F)c1. The van der Waals surface area contributed by atoms with Gasteiger partial charge in [-0.05, 0) is 43.2 Å². The fraction of sp³-hybridized carbons (Fsp3) is 0.278. The van der Waals surface area contributed by atoms with Gasteiger partial charge in [0.25, 0.3) is 5.91 Å². The van der Waals surface area contributed by atoms with Crippen LogP contribution in [0, 0.1) is 5.82 Å². The molecule has 6 nitrogen and oxygen atoms in total. The topological polar surface area (TPSA) is 73.9 Å². The fourth-order valence-corrected chi connectivity index (χ4v) is 3.03. The van der Waals surface area contributed by atoms with Gasteiger partial charge in [-0.25, -0.2) is 19.4 Å². The minimum atomic E-state index is -0.495. The lowest BCUT2D eigenvalue weighted by molar-refractivity contribution is 0.0749. The van der Waals surface area contributed by atoms with Gasteiger partial charge in [-0.2, -0.15) is 0 Å². The first-order valence-corrected chi connectivity index (χ1v) is 8.37. The Hall–Kier alpha value is -2.80. The van der Waals surface area contributed by atoms with E-state index in [1.54, 1.807) is 24.4 Å².